The van der Waals surface area contributed by atoms with Crippen LogP contribution < -0.4 is 19.8 Å². The van der Waals surface area contributed by atoms with Crippen LogP contribution in [0.1, 0.15) is 55.0 Å². The fourth-order valence-electron chi connectivity index (χ4n) is 4.88. The molecule has 0 saturated heterocycles. The van der Waals surface area contributed by atoms with Gasteiger partial charge >= 0.3 is 0 Å². The van der Waals surface area contributed by atoms with Crippen LogP contribution in [0.3, 0.4) is 0 Å². The van der Waals surface area contributed by atoms with Crippen molar-refractivity contribution in [3.8, 4) is 17.2 Å². The summed E-state index contributed by atoms with van der Waals surface area (Å²) >= 11 is 0. The molecule has 0 aliphatic heterocycles. The van der Waals surface area contributed by atoms with Crippen molar-refractivity contribution in [2.24, 2.45) is 5.10 Å². The van der Waals surface area contributed by atoms with Crippen molar-refractivity contribution in [1.82, 2.24) is 9.66 Å². The second-order valence-corrected chi connectivity index (χ2v) is 9.32. The molecule has 0 spiro atoms. The third-order valence-corrected chi connectivity index (χ3v) is 6.88. The van der Waals surface area contributed by atoms with Gasteiger partial charge in [-0.3, -0.25) is 4.79 Å². The maximum absolute atomic E-state index is 14.1. The highest BCUT2D eigenvalue weighted by Gasteiger charge is 2.22. The smallest absolute Gasteiger partial charge is 0.282 e. The molecule has 0 bridgehead atoms. The number of halogens is 1. The van der Waals surface area contributed by atoms with E-state index in [9.17, 15) is 9.18 Å². The first-order chi connectivity index (χ1) is 18.6. The summed E-state index contributed by atoms with van der Waals surface area (Å²) in [6.07, 6.45) is 6.98. The molecule has 0 amide bonds. The van der Waals surface area contributed by atoms with Crippen LogP contribution in [0.2, 0.25) is 0 Å². The number of hydrogen-bond acceptors (Lipinski definition) is 6. The van der Waals surface area contributed by atoms with Crippen LogP contribution in [0.25, 0.3) is 10.9 Å². The molecule has 5 rings (SSSR count). The van der Waals surface area contributed by atoms with Crippen molar-refractivity contribution in [2.45, 2.75) is 44.6 Å². The molecule has 38 heavy (non-hydrogen) atoms. The Labute approximate surface area is 220 Å². The molecule has 196 valence electrons. The van der Waals surface area contributed by atoms with Crippen LogP contribution >= 0.6 is 0 Å². The average Bonchev–Trinajstić information content (AvgIpc) is 2.96. The van der Waals surface area contributed by atoms with E-state index in [0.29, 0.717) is 45.1 Å². The van der Waals surface area contributed by atoms with Crippen LogP contribution in [-0.4, -0.2) is 30.1 Å². The Bertz CT molecular complexity index is 1500. The summed E-state index contributed by atoms with van der Waals surface area (Å²) in [6.45, 7) is 0.00965. The van der Waals surface area contributed by atoms with Gasteiger partial charge in [0.2, 0.25) is 5.75 Å². The Morgan fingerprint density at radius 1 is 1.00 bits per heavy atom. The number of ether oxygens (including phenoxy) is 3. The summed E-state index contributed by atoms with van der Waals surface area (Å²) in [6, 6.07) is 17.3. The molecular weight excluding hydrogens is 485 g/mol. The van der Waals surface area contributed by atoms with Crippen molar-refractivity contribution >= 4 is 17.1 Å². The third-order valence-electron chi connectivity index (χ3n) is 6.88. The topological polar surface area (TPSA) is 74.9 Å². The minimum atomic E-state index is -0.350. The van der Waals surface area contributed by atoms with E-state index < -0.39 is 0 Å². The number of aromatic nitrogens is 2. The van der Waals surface area contributed by atoms with Gasteiger partial charge in [0.1, 0.15) is 18.2 Å². The van der Waals surface area contributed by atoms with Gasteiger partial charge in [0.05, 0.1) is 31.3 Å². The summed E-state index contributed by atoms with van der Waals surface area (Å²) in [5, 5.41) is 5.13. The summed E-state index contributed by atoms with van der Waals surface area (Å²) < 4.78 is 32.5. The zero-order valence-corrected chi connectivity index (χ0v) is 21.5. The van der Waals surface area contributed by atoms with Crippen molar-refractivity contribution in [1.29, 1.82) is 0 Å². The maximum atomic E-state index is 14.1. The van der Waals surface area contributed by atoms with Gasteiger partial charge < -0.3 is 14.2 Å². The predicted molar refractivity (Wildman–Crippen MR) is 145 cm³/mol. The molecule has 0 unspecified atom stereocenters. The number of para-hydroxylation sites is 1. The van der Waals surface area contributed by atoms with Gasteiger partial charge in [-0.05, 0) is 43.2 Å². The lowest BCUT2D eigenvalue weighted by Crippen LogP contribution is -2.25. The van der Waals surface area contributed by atoms with Crippen molar-refractivity contribution in [3.05, 3.63) is 93.8 Å². The fraction of sp³-hybridized carbons (Fsp3) is 0.300. The van der Waals surface area contributed by atoms with Crippen molar-refractivity contribution in [2.75, 3.05) is 14.2 Å². The average molecular weight is 516 g/mol. The highest BCUT2D eigenvalue weighted by molar-refractivity contribution is 5.83. The van der Waals surface area contributed by atoms with Gasteiger partial charge in [0.15, 0.2) is 11.5 Å². The molecule has 3 aromatic carbocycles. The fourth-order valence-corrected chi connectivity index (χ4v) is 4.88. The molecule has 8 heteroatoms. The lowest BCUT2D eigenvalue weighted by Gasteiger charge is -2.22. The van der Waals surface area contributed by atoms with Crippen molar-refractivity contribution < 1.29 is 18.6 Å². The molecule has 1 fully saturated rings. The highest BCUT2D eigenvalue weighted by atomic mass is 19.1. The van der Waals surface area contributed by atoms with Crippen LogP contribution in [0, 0.1) is 5.82 Å². The lowest BCUT2D eigenvalue weighted by molar-refractivity contribution is 0.262. The van der Waals surface area contributed by atoms with E-state index in [0.717, 1.165) is 25.7 Å². The van der Waals surface area contributed by atoms with Gasteiger partial charge in [-0.2, -0.15) is 9.78 Å². The molecule has 4 aromatic rings. The van der Waals surface area contributed by atoms with Gasteiger partial charge in [-0.1, -0.05) is 49.6 Å². The molecule has 1 saturated carbocycles. The molecular formula is C30H30FN3O4. The normalized spacial score (nSPS) is 14.2. The van der Waals surface area contributed by atoms with Crippen LogP contribution in [0.5, 0.6) is 17.2 Å². The summed E-state index contributed by atoms with van der Waals surface area (Å²) in [7, 11) is 3.04. The van der Waals surface area contributed by atoms with Crippen molar-refractivity contribution in [3.63, 3.8) is 0 Å². The highest BCUT2D eigenvalue weighted by Crippen LogP contribution is 2.39. The summed E-state index contributed by atoms with van der Waals surface area (Å²) in [5.74, 6) is 1.67. The third kappa shape index (κ3) is 5.25. The SMILES string of the molecule is COc1cc(C=Nn2c(C3CCCCC3)nc3ccccc3c2=O)cc(OC)c1OCc1ccccc1F. The number of nitrogens with zero attached hydrogens (tertiary/aromatic N) is 3. The van der Waals surface area contributed by atoms with Gasteiger partial charge in [0, 0.05) is 17.0 Å². The number of hydrogen-bond donors (Lipinski definition) is 0. The Morgan fingerprint density at radius 3 is 2.39 bits per heavy atom. The van der Waals surface area contributed by atoms with E-state index in [2.05, 4.69) is 5.10 Å². The molecule has 1 aliphatic carbocycles. The lowest BCUT2D eigenvalue weighted by atomic mass is 9.88. The molecule has 1 aromatic heterocycles. The molecule has 0 radical (unpaired) electrons. The number of rotatable bonds is 8. The Kier molecular flexibility index (Phi) is 7.67. The monoisotopic (exact) mass is 515 g/mol. The Hall–Kier alpha value is -4.20. The van der Waals surface area contributed by atoms with Crippen LogP contribution in [0.4, 0.5) is 4.39 Å². The standard InChI is InChI=1S/C30H30FN3O4/c1-36-26-16-20(17-27(37-2)28(26)38-19-22-12-6-8-14-24(22)31)18-32-34-29(21-10-4-3-5-11-21)33-25-15-9-7-13-23(25)30(34)35/h6-9,12-18,21H,3-5,10-11,19H2,1-2H3. The minimum Gasteiger partial charge on any atom is -0.493 e. The van der Waals surface area contributed by atoms with E-state index in [1.807, 2.05) is 18.2 Å². The predicted octanol–water partition coefficient (Wildman–Crippen LogP) is 6.06. The first-order valence-corrected chi connectivity index (χ1v) is 12.8. The van der Waals surface area contributed by atoms with Crippen LogP contribution in [0.15, 0.2) is 70.6 Å². The van der Waals surface area contributed by atoms with Gasteiger partial charge in [0.25, 0.3) is 5.56 Å². The number of methoxy groups -OCH3 is 2. The van der Waals surface area contributed by atoms with Gasteiger partial charge in [-0.25, -0.2) is 9.37 Å². The van der Waals surface area contributed by atoms with E-state index in [-0.39, 0.29) is 23.9 Å². The summed E-state index contributed by atoms with van der Waals surface area (Å²) in [4.78, 5) is 18.3. The Balaban J connectivity index is 1.51. The molecule has 0 N–H and O–H groups in total. The second-order valence-electron chi connectivity index (χ2n) is 9.32. The number of benzene rings is 3. The van der Waals surface area contributed by atoms with Gasteiger partial charge in [-0.15, -0.1) is 0 Å². The molecule has 1 aliphatic rings. The minimum absolute atomic E-state index is 0.00965. The number of fused-ring (bicyclic) bond motifs is 1. The largest absolute Gasteiger partial charge is 0.493 e. The van der Waals surface area contributed by atoms with E-state index in [4.69, 9.17) is 19.2 Å². The van der Waals surface area contributed by atoms with E-state index in [1.165, 1.54) is 31.4 Å². The van der Waals surface area contributed by atoms with Crippen LogP contribution in [-0.2, 0) is 6.61 Å². The molecule has 1 heterocycles. The maximum Gasteiger partial charge on any atom is 0.282 e. The quantitative estimate of drug-likeness (QED) is 0.267. The zero-order chi connectivity index (χ0) is 26.5. The zero-order valence-electron chi connectivity index (χ0n) is 21.5. The van der Waals surface area contributed by atoms with E-state index in [1.54, 1.807) is 42.6 Å². The summed E-state index contributed by atoms with van der Waals surface area (Å²) in [5.41, 5.74) is 1.55. The first-order valence-electron chi connectivity index (χ1n) is 12.8. The Morgan fingerprint density at radius 2 is 1.68 bits per heavy atom. The second kappa shape index (κ2) is 11.5. The molecule has 7 nitrogen and oxygen atoms in total. The first kappa shape index (κ1) is 25.4. The van der Waals surface area contributed by atoms with E-state index >= 15 is 0 Å². The molecule has 0 atom stereocenters.